The lowest BCUT2D eigenvalue weighted by atomic mass is 9.70. The standard InChI is InChI=1S/C29H40O5S/c1-20(17-19-30)10-8-11-23(4)27(34-24(5)31)28(26-22(3)12-9-18-29(26,6)7)35(32,33)25-15-13-21(2)14-16-25/h8,10-11,13-17,27-28,30H,9,12,18-19H2,1-7H3/b10-8+,20-17-,23-11+. The summed E-state index contributed by atoms with van der Waals surface area (Å²) in [7, 11) is -3.91. The summed E-state index contributed by atoms with van der Waals surface area (Å²) in [6.07, 6.45) is 8.76. The number of hydrogen-bond acceptors (Lipinski definition) is 5. The van der Waals surface area contributed by atoms with Crippen LogP contribution in [0.15, 0.2) is 75.8 Å². The maximum absolute atomic E-state index is 14.3. The van der Waals surface area contributed by atoms with E-state index in [1.165, 1.54) is 6.92 Å². The van der Waals surface area contributed by atoms with Crippen molar-refractivity contribution in [2.75, 3.05) is 6.61 Å². The first-order valence-electron chi connectivity index (χ1n) is 12.1. The molecule has 0 radical (unpaired) electrons. The quantitative estimate of drug-likeness (QED) is 0.254. The van der Waals surface area contributed by atoms with E-state index >= 15 is 0 Å². The first-order valence-corrected chi connectivity index (χ1v) is 13.7. The molecule has 0 amide bonds. The number of esters is 1. The molecule has 0 saturated carbocycles. The van der Waals surface area contributed by atoms with E-state index in [1.54, 1.807) is 49.4 Å². The molecule has 0 saturated heterocycles. The van der Waals surface area contributed by atoms with Crippen molar-refractivity contribution in [3.8, 4) is 0 Å². The third-order valence-corrected chi connectivity index (χ3v) is 8.74. The average Bonchev–Trinajstić information content (AvgIpc) is 2.75. The lowest BCUT2D eigenvalue weighted by Crippen LogP contribution is -2.44. The summed E-state index contributed by atoms with van der Waals surface area (Å²) in [6, 6.07) is 6.85. The van der Waals surface area contributed by atoms with E-state index in [1.807, 2.05) is 26.8 Å². The van der Waals surface area contributed by atoms with Crippen LogP contribution in [0.25, 0.3) is 0 Å². The number of allylic oxidation sites excluding steroid dienone is 5. The van der Waals surface area contributed by atoms with E-state index in [9.17, 15) is 13.2 Å². The largest absolute Gasteiger partial charge is 0.456 e. The van der Waals surface area contributed by atoms with Crippen molar-refractivity contribution in [2.45, 2.75) is 84.0 Å². The highest BCUT2D eigenvalue weighted by molar-refractivity contribution is 7.92. The maximum Gasteiger partial charge on any atom is 0.303 e. The topological polar surface area (TPSA) is 80.7 Å². The van der Waals surface area contributed by atoms with Crippen molar-refractivity contribution in [2.24, 2.45) is 5.41 Å². The van der Waals surface area contributed by atoms with E-state index in [-0.39, 0.29) is 16.9 Å². The number of carbonyl (C=O) groups excluding carboxylic acids is 1. The molecule has 192 valence electrons. The molecule has 0 aliphatic heterocycles. The molecule has 1 aliphatic carbocycles. The van der Waals surface area contributed by atoms with Gasteiger partial charge in [0.05, 0.1) is 11.5 Å². The van der Waals surface area contributed by atoms with Gasteiger partial charge in [0.25, 0.3) is 0 Å². The fourth-order valence-electron chi connectivity index (χ4n) is 4.85. The highest BCUT2D eigenvalue weighted by Gasteiger charge is 2.46. The predicted octanol–water partition coefficient (Wildman–Crippen LogP) is 6.04. The van der Waals surface area contributed by atoms with Gasteiger partial charge >= 0.3 is 5.97 Å². The minimum Gasteiger partial charge on any atom is -0.456 e. The molecule has 0 spiro atoms. The van der Waals surface area contributed by atoms with Crippen LogP contribution in [0, 0.1) is 12.3 Å². The number of hydrogen-bond donors (Lipinski definition) is 1. The zero-order valence-electron chi connectivity index (χ0n) is 22.1. The average molecular weight is 501 g/mol. The molecular weight excluding hydrogens is 460 g/mol. The first-order chi connectivity index (χ1) is 16.3. The summed E-state index contributed by atoms with van der Waals surface area (Å²) in [5, 5.41) is 8.04. The molecule has 35 heavy (non-hydrogen) atoms. The highest BCUT2D eigenvalue weighted by Crippen LogP contribution is 2.46. The number of aliphatic hydroxyl groups is 1. The second kappa shape index (κ2) is 12.0. The van der Waals surface area contributed by atoms with Gasteiger partial charge in [-0.15, -0.1) is 0 Å². The third-order valence-electron chi connectivity index (χ3n) is 6.66. The number of ether oxygens (including phenoxy) is 1. The van der Waals surface area contributed by atoms with Gasteiger partial charge in [-0.1, -0.05) is 67.0 Å². The highest BCUT2D eigenvalue weighted by atomic mass is 32.2. The van der Waals surface area contributed by atoms with Crippen LogP contribution in [0.5, 0.6) is 0 Å². The fourth-order valence-corrected chi connectivity index (χ4v) is 7.08. The molecule has 0 aromatic heterocycles. The minimum atomic E-state index is -3.91. The van der Waals surface area contributed by atoms with Crippen LogP contribution in [0.3, 0.4) is 0 Å². The van der Waals surface area contributed by atoms with Gasteiger partial charge < -0.3 is 9.84 Å². The smallest absolute Gasteiger partial charge is 0.303 e. The molecule has 2 unspecified atom stereocenters. The Labute approximate surface area is 211 Å². The van der Waals surface area contributed by atoms with Crippen LogP contribution in [-0.2, 0) is 19.4 Å². The van der Waals surface area contributed by atoms with Gasteiger partial charge in [0, 0.05) is 6.92 Å². The zero-order chi connectivity index (χ0) is 26.4. The van der Waals surface area contributed by atoms with Crippen LogP contribution in [0.2, 0.25) is 0 Å². The summed E-state index contributed by atoms with van der Waals surface area (Å²) in [5.74, 6) is -0.529. The van der Waals surface area contributed by atoms with Gasteiger partial charge in [0.15, 0.2) is 9.84 Å². The van der Waals surface area contributed by atoms with Crippen molar-refractivity contribution in [3.05, 3.63) is 76.4 Å². The van der Waals surface area contributed by atoms with E-state index in [0.29, 0.717) is 5.57 Å². The van der Waals surface area contributed by atoms with E-state index in [4.69, 9.17) is 9.84 Å². The van der Waals surface area contributed by atoms with E-state index in [2.05, 4.69) is 13.8 Å². The van der Waals surface area contributed by atoms with Crippen molar-refractivity contribution in [1.82, 2.24) is 0 Å². The minimum absolute atomic E-state index is 0.0612. The Kier molecular flexibility index (Phi) is 9.87. The number of aliphatic hydroxyl groups excluding tert-OH is 1. The number of aryl methyl sites for hydroxylation is 1. The molecule has 0 bridgehead atoms. The predicted molar refractivity (Wildman–Crippen MR) is 142 cm³/mol. The monoisotopic (exact) mass is 500 g/mol. The van der Waals surface area contributed by atoms with Crippen molar-refractivity contribution < 1.29 is 23.1 Å². The first kappa shape index (κ1) is 28.8. The molecule has 1 aromatic carbocycles. The van der Waals surface area contributed by atoms with Gasteiger partial charge in [-0.05, 0) is 75.7 Å². The Morgan fingerprint density at radius 3 is 2.31 bits per heavy atom. The lowest BCUT2D eigenvalue weighted by molar-refractivity contribution is -0.144. The van der Waals surface area contributed by atoms with Crippen molar-refractivity contribution in [1.29, 1.82) is 0 Å². The Morgan fingerprint density at radius 2 is 1.77 bits per heavy atom. The van der Waals surface area contributed by atoms with Crippen LogP contribution < -0.4 is 0 Å². The summed E-state index contributed by atoms with van der Waals surface area (Å²) in [4.78, 5) is 12.5. The molecule has 5 nitrogen and oxygen atoms in total. The molecule has 1 aliphatic rings. The molecule has 2 atom stereocenters. The van der Waals surface area contributed by atoms with Crippen LogP contribution in [0.4, 0.5) is 0 Å². The van der Waals surface area contributed by atoms with Crippen molar-refractivity contribution in [3.63, 3.8) is 0 Å². The molecule has 1 aromatic rings. The molecule has 2 rings (SSSR count). The Morgan fingerprint density at radius 1 is 1.14 bits per heavy atom. The van der Waals surface area contributed by atoms with Gasteiger partial charge in [-0.25, -0.2) is 8.42 Å². The fraction of sp³-hybridized carbons (Fsp3) is 0.483. The zero-order valence-corrected chi connectivity index (χ0v) is 22.9. The third kappa shape index (κ3) is 7.28. The Balaban J connectivity index is 2.77. The van der Waals surface area contributed by atoms with E-state index < -0.39 is 27.2 Å². The van der Waals surface area contributed by atoms with Crippen molar-refractivity contribution >= 4 is 15.8 Å². The second-order valence-electron chi connectivity index (χ2n) is 10.1. The normalized spacial score (nSPS) is 19.1. The summed E-state index contributed by atoms with van der Waals surface area (Å²) < 4.78 is 34.3. The lowest BCUT2D eigenvalue weighted by Gasteiger charge is -2.41. The van der Waals surface area contributed by atoms with E-state index in [0.717, 1.165) is 41.5 Å². The number of carbonyl (C=O) groups is 1. The summed E-state index contributed by atoms with van der Waals surface area (Å²) in [6.45, 7) is 13.0. The number of sulfone groups is 1. The summed E-state index contributed by atoms with van der Waals surface area (Å²) in [5.41, 5.74) is 4.00. The summed E-state index contributed by atoms with van der Waals surface area (Å²) >= 11 is 0. The van der Waals surface area contributed by atoms with Gasteiger partial charge in [0.2, 0.25) is 0 Å². The van der Waals surface area contributed by atoms with Gasteiger partial charge in [0.1, 0.15) is 11.4 Å². The SMILES string of the molecule is CC(=O)OC(/C(C)=C/C=C/C(C)=C\CO)C(C1=C(C)CCCC1(C)C)S(=O)(=O)c1ccc(C)cc1. The Hall–Kier alpha value is -2.44. The molecular formula is C29H40O5S. The molecule has 0 heterocycles. The van der Waals surface area contributed by atoms with Gasteiger partial charge in [-0.2, -0.15) is 0 Å². The number of benzene rings is 1. The van der Waals surface area contributed by atoms with Crippen LogP contribution in [-0.4, -0.2) is 37.5 Å². The van der Waals surface area contributed by atoms with Crippen LogP contribution in [0.1, 0.15) is 66.4 Å². The molecule has 1 N–H and O–H groups in total. The molecule has 0 fully saturated rings. The molecule has 6 heteroatoms. The Bertz CT molecular complexity index is 1130. The van der Waals surface area contributed by atoms with Gasteiger partial charge in [-0.3, -0.25) is 4.79 Å². The van der Waals surface area contributed by atoms with Crippen LogP contribution >= 0.6 is 0 Å². The maximum atomic E-state index is 14.3. The second-order valence-corrected chi connectivity index (χ2v) is 12.2. The number of rotatable bonds is 9.